The second-order valence-electron chi connectivity index (χ2n) is 3.22. The zero-order chi connectivity index (χ0) is 13.1. The summed E-state index contributed by atoms with van der Waals surface area (Å²) in [5.74, 6) is -1.35. The number of hydrogen-bond donors (Lipinski definition) is 1. The fourth-order valence-corrected chi connectivity index (χ4v) is 1.24. The molecule has 0 spiro atoms. The minimum atomic E-state index is -4.65. The Balaban J connectivity index is 3.25. The molecule has 0 aliphatic carbocycles. The summed E-state index contributed by atoms with van der Waals surface area (Å²) in [6, 6.07) is 2.88. The number of rotatable bonds is 3. The molecule has 0 radical (unpaired) electrons. The normalized spacial score (nSPS) is 12.0. The number of hydrogen-bond acceptors (Lipinski definition) is 1. The van der Waals surface area contributed by atoms with Crippen LogP contribution >= 0.6 is 0 Å². The molecule has 0 aromatic heterocycles. The molecule has 0 amide bonds. The Hall–Kier alpha value is -1.85. The first-order chi connectivity index (χ1) is 7.84. The van der Waals surface area contributed by atoms with Gasteiger partial charge in [-0.3, -0.25) is 0 Å². The van der Waals surface area contributed by atoms with Crippen LogP contribution in [0.1, 0.15) is 16.7 Å². The van der Waals surface area contributed by atoms with E-state index < -0.39 is 24.4 Å². The average Bonchev–Trinajstić information content (AvgIpc) is 2.24. The Morgan fingerprint density at radius 2 is 2.00 bits per heavy atom. The number of alkyl halides is 4. The molecule has 0 bridgehead atoms. The van der Waals surface area contributed by atoms with E-state index in [0.29, 0.717) is 12.1 Å². The van der Waals surface area contributed by atoms with Crippen molar-refractivity contribution in [2.24, 2.45) is 0 Å². The first-order valence-electron chi connectivity index (χ1n) is 4.51. The van der Waals surface area contributed by atoms with Crippen molar-refractivity contribution < 1.29 is 27.5 Å². The van der Waals surface area contributed by atoms with Gasteiger partial charge in [-0.15, -0.1) is 0 Å². The van der Waals surface area contributed by atoms with Crippen LogP contribution in [0.25, 0.3) is 6.08 Å². The fraction of sp³-hybridized carbons (Fsp3) is 0.182. The second kappa shape index (κ2) is 4.99. The molecular weight excluding hydrogens is 240 g/mol. The molecule has 0 aliphatic heterocycles. The van der Waals surface area contributed by atoms with Crippen LogP contribution in [0.15, 0.2) is 24.3 Å². The van der Waals surface area contributed by atoms with E-state index in [1.165, 1.54) is 6.07 Å². The molecule has 0 unspecified atom stereocenters. The highest BCUT2D eigenvalue weighted by molar-refractivity contribution is 5.85. The van der Waals surface area contributed by atoms with Crippen LogP contribution in [0.5, 0.6) is 0 Å². The quantitative estimate of drug-likeness (QED) is 0.658. The van der Waals surface area contributed by atoms with Gasteiger partial charge in [-0.2, -0.15) is 13.2 Å². The highest BCUT2D eigenvalue weighted by Crippen LogP contribution is 2.33. The first-order valence-corrected chi connectivity index (χ1v) is 4.51. The van der Waals surface area contributed by atoms with E-state index in [-0.39, 0.29) is 11.1 Å². The fourth-order valence-electron chi connectivity index (χ4n) is 1.24. The smallest absolute Gasteiger partial charge is 0.416 e. The lowest BCUT2D eigenvalue weighted by molar-refractivity contribution is -0.138. The summed E-state index contributed by atoms with van der Waals surface area (Å²) < 4.78 is 50.0. The standard InChI is InChI=1S/C11H8F4O2/c12-6-7-1-2-8(3-4-10(16)17)9(5-7)11(13,14)15/h1-5H,6H2,(H,16,17)/b4-3+. The van der Waals surface area contributed by atoms with Crippen molar-refractivity contribution in [1.82, 2.24) is 0 Å². The van der Waals surface area contributed by atoms with E-state index >= 15 is 0 Å². The topological polar surface area (TPSA) is 37.3 Å². The largest absolute Gasteiger partial charge is 0.478 e. The molecule has 6 heteroatoms. The van der Waals surface area contributed by atoms with Gasteiger partial charge in [-0.1, -0.05) is 12.1 Å². The Morgan fingerprint density at radius 1 is 1.35 bits per heavy atom. The molecule has 0 atom stereocenters. The molecule has 1 aromatic carbocycles. The molecule has 0 heterocycles. The van der Waals surface area contributed by atoms with Crippen LogP contribution in [0.2, 0.25) is 0 Å². The molecule has 0 saturated heterocycles. The maximum Gasteiger partial charge on any atom is 0.416 e. The molecule has 0 aliphatic rings. The second-order valence-corrected chi connectivity index (χ2v) is 3.22. The van der Waals surface area contributed by atoms with Crippen molar-refractivity contribution >= 4 is 12.0 Å². The highest BCUT2D eigenvalue weighted by Gasteiger charge is 2.32. The lowest BCUT2D eigenvalue weighted by atomic mass is 10.0. The van der Waals surface area contributed by atoms with Gasteiger partial charge in [0.15, 0.2) is 0 Å². The summed E-state index contributed by atoms with van der Waals surface area (Å²) in [5.41, 5.74) is -1.47. The van der Waals surface area contributed by atoms with Crippen molar-refractivity contribution in [2.75, 3.05) is 0 Å². The molecule has 1 N–H and O–H groups in total. The third-order valence-corrected chi connectivity index (χ3v) is 1.98. The van der Waals surface area contributed by atoms with Gasteiger partial charge in [0.2, 0.25) is 0 Å². The summed E-state index contributed by atoms with van der Waals surface area (Å²) in [4.78, 5) is 10.2. The van der Waals surface area contributed by atoms with Crippen molar-refractivity contribution in [3.63, 3.8) is 0 Å². The number of carboxylic acid groups (broad SMARTS) is 1. The number of aliphatic carboxylic acids is 1. The summed E-state index contributed by atoms with van der Waals surface area (Å²) in [6.45, 7) is -1.01. The number of carbonyl (C=O) groups is 1. The Kier molecular flexibility index (Phi) is 3.88. The van der Waals surface area contributed by atoms with Gasteiger partial charge in [0.25, 0.3) is 0 Å². The molecule has 1 rings (SSSR count). The van der Waals surface area contributed by atoms with Gasteiger partial charge in [0, 0.05) is 6.08 Å². The van der Waals surface area contributed by atoms with Gasteiger partial charge >= 0.3 is 12.1 Å². The predicted molar refractivity (Wildman–Crippen MR) is 52.9 cm³/mol. The van der Waals surface area contributed by atoms with Gasteiger partial charge < -0.3 is 5.11 Å². The van der Waals surface area contributed by atoms with Crippen LogP contribution in [0.3, 0.4) is 0 Å². The minimum Gasteiger partial charge on any atom is -0.478 e. The minimum absolute atomic E-state index is 0.107. The zero-order valence-electron chi connectivity index (χ0n) is 8.46. The molecule has 1 aromatic rings. The summed E-state index contributed by atoms with van der Waals surface area (Å²) >= 11 is 0. The lowest BCUT2D eigenvalue weighted by Crippen LogP contribution is -2.08. The number of carboxylic acids is 1. The summed E-state index contributed by atoms with van der Waals surface area (Å²) in [7, 11) is 0. The van der Waals surface area contributed by atoms with Crippen LogP contribution in [0, 0.1) is 0 Å². The van der Waals surface area contributed by atoms with E-state index in [9.17, 15) is 22.4 Å². The molecule has 17 heavy (non-hydrogen) atoms. The number of halogens is 4. The molecular formula is C11H8F4O2. The van der Waals surface area contributed by atoms with Crippen molar-refractivity contribution in [1.29, 1.82) is 0 Å². The van der Waals surface area contributed by atoms with E-state index in [0.717, 1.165) is 12.1 Å². The predicted octanol–water partition coefficient (Wildman–Crippen LogP) is 3.27. The molecule has 92 valence electrons. The van der Waals surface area contributed by atoms with Crippen molar-refractivity contribution in [2.45, 2.75) is 12.9 Å². The Morgan fingerprint density at radius 3 is 2.47 bits per heavy atom. The van der Waals surface area contributed by atoms with E-state index in [1.807, 2.05) is 0 Å². The van der Waals surface area contributed by atoms with Gasteiger partial charge in [-0.25, -0.2) is 9.18 Å². The van der Waals surface area contributed by atoms with Crippen LogP contribution in [0.4, 0.5) is 17.6 Å². The van der Waals surface area contributed by atoms with E-state index in [4.69, 9.17) is 5.11 Å². The van der Waals surface area contributed by atoms with Crippen LogP contribution in [-0.2, 0) is 17.6 Å². The lowest BCUT2D eigenvalue weighted by Gasteiger charge is -2.11. The first kappa shape index (κ1) is 13.2. The highest BCUT2D eigenvalue weighted by atomic mass is 19.4. The van der Waals surface area contributed by atoms with Gasteiger partial charge in [0.05, 0.1) is 5.56 Å². The number of benzene rings is 1. The van der Waals surface area contributed by atoms with Crippen molar-refractivity contribution in [3.8, 4) is 0 Å². The van der Waals surface area contributed by atoms with Crippen LogP contribution in [-0.4, -0.2) is 11.1 Å². The Labute approximate surface area is 94.2 Å². The third-order valence-electron chi connectivity index (χ3n) is 1.98. The zero-order valence-corrected chi connectivity index (χ0v) is 8.46. The van der Waals surface area contributed by atoms with Crippen molar-refractivity contribution in [3.05, 3.63) is 41.0 Å². The third kappa shape index (κ3) is 3.58. The average molecular weight is 248 g/mol. The van der Waals surface area contributed by atoms with Crippen LogP contribution < -0.4 is 0 Å². The molecule has 2 nitrogen and oxygen atoms in total. The summed E-state index contributed by atoms with van der Waals surface area (Å²) in [6.07, 6.45) is -3.23. The van der Waals surface area contributed by atoms with E-state index in [2.05, 4.69) is 0 Å². The van der Waals surface area contributed by atoms with Gasteiger partial charge in [-0.05, 0) is 23.3 Å². The van der Waals surface area contributed by atoms with Gasteiger partial charge in [0.1, 0.15) is 6.67 Å². The Bertz CT molecular complexity index is 449. The SMILES string of the molecule is O=C(O)/C=C/c1ccc(CF)cc1C(F)(F)F. The molecule has 0 fully saturated rings. The summed E-state index contributed by atoms with van der Waals surface area (Å²) in [5, 5.41) is 8.34. The van der Waals surface area contributed by atoms with E-state index in [1.54, 1.807) is 0 Å². The maximum absolute atomic E-state index is 12.6. The molecule has 0 saturated carbocycles. The maximum atomic E-state index is 12.6. The monoisotopic (exact) mass is 248 g/mol.